The van der Waals surface area contributed by atoms with Gasteiger partial charge in [0.25, 0.3) is 0 Å². The van der Waals surface area contributed by atoms with Crippen LogP contribution in [0.15, 0.2) is 18.2 Å². The van der Waals surface area contributed by atoms with Gasteiger partial charge in [-0.05, 0) is 17.7 Å². The smallest absolute Gasteiger partial charge is 0.137 e. The molecule has 1 aromatic carbocycles. The molecule has 0 radical (unpaired) electrons. The summed E-state index contributed by atoms with van der Waals surface area (Å²) in [5, 5.41) is 0.644. The molecule has 0 amide bonds. The fourth-order valence-corrected chi connectivity index (χ4v) is 1.39. The topological polar surface area (TPSA) is 21.8 Å². The zero-order valence-corrected chi connectivity index (χ0v) is 7.47. The largest absolute Gasteiger partial charge is 0.495 e. The van der Waals surface area contributed by atoms with Gasteiger partial charge in [0.1, 0.15) is 11.9 Å². The molecule has 12 heavy (non-hydrogen) atoms. The van der Waals surface area contributed by atoms with Crippen molar-refractivity contribution in [3.05, 3.63) is 28.8 Å². The molecule has 0 saturated carbocycles. The lowest BCUT2D eigenvalue weighted by Crippen LogP contribution is -1.86. The molecule has 64 valence electrons. The summed E-state index contributed by atoms with van der Waals surface area (Å²) in [5.74, 6) is 0.709. The highest BCUT2D eigenvalue weighted by molar-refractivity contribution is 6.32. The van der Waals surface area contributed by atoms with Crippen molar-refractivity contribution in [3.8, 4) is 5.75 Å². The Balaban J connectivity index is 2.30. The first-order valence-corrected chi connectivity index (χ1v) is 4.14. The molecule has 1 saturated heterocycles. The van der Waals surface area contributed by atoms with Crippen molar-refractivity contribution in [2.24, 2.45) is 0 Å². The SMILES string of the molecule is COc1ccc(C2CO2)cc1Cl. The third kappa shape index (κ3) is 1.40. The molecule has 0 aliphatic carbocycles. The fraction of sp³-hybridized carbons (Fsp3) is 0.333. The van der Waals surface area contributed by atoms with Crippen LogP contribution in [0.2, 0.25) is 5.02 Å². The molecule has 2 rings (SSSR count). The minimum Gasteiger partial charge on any atom is -0.495 e. The van der Waals surface area contributed by atoms with E-state index in [1.807, 2.05) is 18.2 Å². The number of hydrogen-bond acceptors (Lipinski definition) is 2. The van der Waals surface area contributed by atoms with Gasteiger partial charge in [-0.2, -0.15) is 0 Å². The molecule has 3 heteroatoms. The van der Waals surface area contributed by atoms with Gasteiger partial charge in [-0.25, -0.2) is 0 Å². The predicted molar refractivity (Wildman–Crippen MR) is 46.7 cm³/mol. The highest BCUT2D eigenvalue weighted by atomic mass is 35.5. The number of ether oxygens (including phenoxy) is 2. The number of epoxide rings is 1. The second kappa shape index (κ2) is 2.96. The third-order valence-electron chi connectivity index (χ3n) is 1.88. The first kappa shape index (κ1) is 7.90. The van der Waals surface area contributed by atoms with E-state index in [0.717, 1.165) is 12.2 Å². The molecule has 1 aliphatic heterocycles. The van der Waals surface area contributed by atoms with Crippen LogP contribution in [0.3, 0.4) is 0 Å². The number of rotatable bonds is 2. The van der Waals surface area contributed by atoms with Gasteiger partial charge >= 0.3 is 0 Å². The van der Waals surface area contributed by atoms with Gasteiger partial charge in [0.2, 0.25) is 0 Å². The van der Waals surface area contributed by atoms with Crippen LogP contribution in [0.1, 0.15) is 11.7 Å². The van der Waals surface area contributed by atoms with E-state index in [1.54, 1.807) is 7.11 Å². The molecule has 1 aromatic rings. The normalized spacial score (nSPS) is 20.7. The van der Waals surface area contributed by atoms with Crippen molar-refractivity contribution in [2.75, 3.05) is 13.7 Å². The Morgan fingerprint density at radius 2 is 2.33 bits per heavy atom. The van der Waals surface area contributed by atoms with E-state index in [4.69, 9.17) is 21.1 Å². The van der Waals surface area contributed by atoms with Crippen molar-refractivity contribution in [2.45, 2.75) is 6.10 Å². The summed E-state index contributed by atoms with van der Waals surface area (Å²) in [6, 6.07) is 5.72. The Kier molecular flexibility index (Phi) is 1.95. The minimum absolute atomic E-state index is 0.258. The Morgan fingerprint density at radius 3 is 2.83 bits per heavy atom. The van der Waals surface area contributed by atoms with Gasteiger partial charge in [-0.1, -0.05) is 17.7 Å². The van der Waals surface area contributed by atoms with Crippen LogP contribution in [-0.4, -0.2) is 13.7 Å². The molecular formula is C9H9ClO2. The van der Waals surface area contributed by atoms with E-state index < -0.39 is 0 Å². The Labute approximate surface area is 76.1 Å². The van der Waals surface area contributed by atoms with E-state index in [9.17, 15) is 0 Å². The summed E-state index contributed by atoms with van der Waals surface area (Å²) >= 11 is 5.92. The Hall–Kier alpha value is -0.730. The van der Waals surface area contributed by atoms with Crippen molar-refractivity contribution < 1.29 is 9.47 Å². The Bertz CT molecular complexity index is 295. The number of halogens is 1. The molecule has 1 heterocycles. The summed E-state index contributed by atoms with van der Waals surface area (Å²) in [4.78, 5) is 0. The van der Waals surface area contributed by atoms with Crippen LogP contribution < -0.4 is 4.74 Å². The van der Waals surface area contributed by atoms with Gasteiger partial charge in [-0.15, -0.1) is 0 Å². The Morgan fingerprint density at radius 1 is 1.58 bits per heavy atom. The lowest BCUT2D eigenvalue weighted by Gasteiger charge is -2.03. The summed E-state index contributed by atoms with van der Waals surface area (Å²) < 4.78 is 10.2. The third-order valence-corrected chi connectivity index (χ3v) is 2.18. The predicted octanol–water partition coefficient (Wildman–Crippen LogP) is 2.42. The molecule has 1 aliphatic rings. The number of hydrogen-bond donors (Lipinski definition) is 0. The molecule has 0 spiro atoms. The first-order chi connectivity index (χ1) is 5.81. The van der Waals surface area contributed by atoms with Gasteiger partial charge < -0.3 is 9.47 Å². The summed E-state index contributed by atoms with van der Waals surface area (Å²) in [6.45, 7) is 0.808. The highest BCUT2D eigenvalue weighted by Crippen LogP contribution is 2.34. The van der Waals surface area contributed by atoms with Crippen LogP contribution in [0.4, 0.5) is 0 Å². The minimum atomic E-state index is 0.258. The van der Waals surface area contributed by atoms with E-state index >= 15 is 0 Å². The molecule has 1 unspecified atom stereocenters. The first-order valence-electron chi connectivity index (χ1n) is 3.76. The lowest BCUT2D eigenvalue weighted by atomic mass is 10.1. The zero-order valence-electron chi connectivity index (χ0n) is 6.71. The van der Waals surface area contributed by atoms with Crippen molar-refractivity contribution >= 4 is 11.6 Å². The summed E-state index contributed by atoms with van der Waals surface area (Å²) in [7, 11) is 1.61. The summed E-state index contributed by atoms with van der Waals surface area (Å²) in [5.41, 5.74) is 1.13. The zero-order chi connectivity index (χ0) is 8.55. The van der Waals surface area contributed by atoms with Gasteiger partial charge in [0, 0.05) is 0 Å². The quantitative estimate of drug-likeness (QED) is 0.659. The summed E-state index contributed by atoms with van der Waals surface area (Å²) in [6.07, 6.45) is 0.258. The van der Waals surface area contributed by atoms with Crippen molar-refractivity contribution in [1.82, 2.24) is 0 Å². The van der Waals surface area contributed by atoms with E-state index in [0.29, 0.717) is 10.8 Å². The van der Waals surface area contributed by atoms with Crippen LogP contribution >= 0.6 is 11.6 Å². The van der Waals surface area contributed by atoms with Gasteiger partial charge in [-0.3, -0.25) is 0 Å². The maximum absolute atomic E-state index is 5.92. The monoisotopic (exact) mass is 184 g/mol. The number of benzene rings is 1. The second-order valence-corrected chi connectivity index (χ2v) is 3.12. The number of methoxy groups -OCH3 is 1. The molecule has 0 bridgehead atoms. The standard InChI is InChI=1S/C9H9ClO2/c1-11-8-3-2-6(4-7(8)10)9-5-12-9/h2-4,9H,5H2,1H3. The maximum Gasteiger partial charge on any atom is 0.137 e. The maximum atomic E-state index is 5.92. The van der Waals surface area contributed by atoms with Crippen LogP contribution in [0.5, 0.6) is 5.75 Å². The lowest BCUT2D eigenvalue weighted by molar-refractivity contribution is 0.409. The molecule has 1 atom stereocenters. The van der Waals surface area contributed by atoms with Gasteiger partial charge in [0.05, 0.1) is 18.7 Å². The van der Waals surface area contributed by atoms with Crippen LogP contribution in [-0.2, 0) is 4.74 Å². The van der Waals surface area contributed by atoms with Crippen molar-refractivity contribution in [3.63, 3.8) is 0 Å². The van der Waals surface area contributed by atoms with Gasteiger partial charge in [0.15, 0.2) is 0 Å². The average molecular weight is 185 g/mol. The van der Waals surface area contributed by atoms with Crippen molar-refractivity contribution in [1.29, 1.82) is 0 Å². The van der Waals surface area contributed by atoms with E-state index in [-0.39, 0.29) is 6.10 Å². The van der Waals surface area contributed by atoms with E-state index in [2.05, 4.69) is 0 Å². The molecule has 0 aromatic heterocycles. The second-order valence-electron chi connectivity index (χ2n) is 2.72. The molecular weight excluding hydrogens is 176 g/mol. The highest BCUT2D eigenvalue weighted by Gasteiger charge is 2.25. The average Bonchev–Trinajstić information content (AvgIpc) is 2.86. The van der Waals surface area contributed by atoms with E-state index in [1.165, 1.54) is 0 Å². The van der Waals surface area contributed by atoms with Crippen LogP contribution in [0, 0.1) is 0 Å². The molecule has 1 fully saturated rings. The molecule has 2 nitrogen and oxygen atoms in total. The van der Waals surface area contributed by atoms with Crippen LogP contribution in [0.25, 0.3) is 0 Å². The fourth-order valence-electron chi connectivity index (χ4n) is 1.12. The molecule has 0 N–H and O–H groups in total.